The second-order valence-corrected chi connectivity index (χ2v) is 4.37. The van der Waals surface area contributed by atoms with Crippen LogP contribution in [0.2, 0.25) is 0 Å². The number of imide groups is 1. The summed E-state index contributed by atoms with van der Waals surface area (Å²) >= 11 is 0. The Bertz CT molecular complexity index is 522. The molecule has 0 radical (unpaired) electrons. The van der Waals surface area contributed by atoms with Crippen LogP contribution in [0.25, 0.3) is 0 Å². The highest BCUT2D eigenvalue weighted by atomic mass is 16.5. The minimum Gasteiger partial charge on any atom is -0.508 e. The highest BCUT2D eigenvalue weighted by molar-refractivity contribution is 6.01. The zero-order chi connectivity index (χ0) is 14.7. The maximum atomic E-state index is 11.7. The number of phenols is 1. The van der Waals surface area contributed by atoms with Gasteiger partial charge >= 0.3 is 5.97 Å². The molecule has 20 heavy (non-hydrogen) atoms. The van der Waals surface area contributed by atoms with Gasteiger partial charge in [0, 0.05) is 6.42 Å². The Hall–Kier alpha value is -2.41. The molecule has 0 aromatic heterocycles. The van der Waals surface area contributed by atoms with E-state index in [1.165, 1.54) is 12.1 Å². The van der Waals surface area contributed by atoms with E-state index in [2.05, 4.69) is 0 Å². The molecule has 1 aromatic rings. The van der Waals surface area contributed by atoms with Crippen molar-refractivity contribution in [3.8, 4) is 5.75 Å². The van der Waals surface area contributed by atoms with Crippen LogP contribution in [0.1, 0.15) is 5.56 Å². The number of amides is 2. The molecule has 2 amide bonds. The molecule has 7 heteroatoms. The topological polar surface area (TPSA) is 104 Å². The van der Waals surface area contributed by atoms with E-state index >= 15 is 0 Å². The van der Waals surface area contributed by atoms with E-state index in [1.54, 1.807) is 12.1 Å². The lowest BCUT2D eigenvalue weighted by atomic mass is 10.0. The van der Waals surface area contributed by atoms with Gasteiger partial charge in [-0.05, 0) is 17.7 Å². The van der Waals surface area contributed by atoms with Crippen LogP contribution in [-0.4, -0.2) is 52.2 Å². The minimum atomic E-state index is -1.27. The fourth-order valence-corrected chi connectivity index (χ4v) is 2.00. The molecule has 1 heterocycles. The summed E-state index contributed by atoms with van der Waals surface area (Å²) in [5.74, 6) is -2.53. The molecule has 1 aliphatic heterocycles. The number of carboxylic acids is 1. The molecule has 1 aliphatic rings. The second-order valence-electron chi connectivity index (χ2n) is 4.37. The van der Waals surface area contributed by atoms with E-state index in [4.69, 9.17) is 4.74 Å². The van der Waals surface area contributed by atoms with Crippen LogP contribution in [0.5, 0.6) is 5.75 Å². The van der Waals surface area contributed by atoms with Crippen molar-refractivity contribution in [2.24, 2.45) is 0 Å². The number of nitrogens with zero attached hydrogens (tertiary/aromatic N) is 1. The first-order valence-corrected chi connectivity index (χ1v) is 5.92. The van der Waals surface area contributed by atoms with Crippen molar-refractivity contribution < 1.29 is 29.3 Å². The van der Waals surface area contributed by atoms with Gasteiger partial charge in [-0.3, -0.25) is 14.5 Å². The standard InChI is InChI=1S/C13H13NO6/c15-9-3-1-8(2-4-9)5-10(13(18)19)14-11(16)6-20-7-12(14)17/h1-4,10,15H,5-7H2,(H,18,19). The number of ether oxygens (including phenoxy) is 1. The fraction of sp³-hybridized carbons (Fsp3) is 0.308. The molecule has 1 aromatic carbocycles. The summed E-state index contributed by atoms with van der Waals surface area (Å²) in [5, 5.41) is 18.4. The van der Waals surface area contributed by atoms with Gasteiger partial charge < -0.3 is 14.9 Å². The van der Waals surface area contributed by atoms with Crippen LogP contribution >= 0.6 is 0 Å². The van der Waals surface area contributed by atoms with Crippen molar-refractivity contribution in [1.82, 2.24) is 4.90 Å². The lowest BCUT2D eigenvalue weighted by molar-refractivity contribution is -0.168. The fourth-order valence-electron chi connectivity index (χ4n) is 2.00. The van der Waals surface area contributed by atoms with Gasteiger partial charge in [0.15, 0.2) is 0 Å². The zero-order valence-corrected chi connectivity index (χ0v) is 10.5. The lowest BCUT2D eigenvalue weighted by Crippen LogP contribution is -2.55. The number of benzene rings is 1. The maximum Gasteiger partial charge on any atom is 0.327 e. The lowest BCUT2D eigenvalue weighted by Gasteiger charge is -2.30. The Morgan fingerprint density at radius 3 is 2.25 bits per heavy atom. The van der Waals surface area contributed by atoms with E-state index in [0.717, 1.165) is 4.90 Å². The molecule has 1 saturated heterocycles. The van der Waals surface area contributed by atoms with Crippen molar-refractivity contribution in [3.63, 3.8) is 0 Å². The normalized spacial score (nSPS) is 17.1. The maximum absolute atomic E-state index is 11.7. The van der Waals surface area contributed by atoms with Crippen molar-refractivity contribution in [2.45, 2.75) is 12.5 Å². The first-order chi connectivity index (χ1) is 9.49. The van der Waals surface area contributed by atoms with Crippen molar-refractivity contribution in [2.75, 3.05) is 13.2 Å². The Kier molecular flexibility index (Phi) is 3.99. The number of hydrogen-bond acceptors (Lipinski definition) is 5. The largest absolute Gasteiger partial charge is 0.508 e. The van der Waals surface area contributed by atoms with Crippen LogP contribution in [0.15, 0.2) is 24.3 Å². The molecule has 2 rings (SSSR count). The smallest absolute Gasteiger partial charge is 0.327 e. The summed E-state index contributed by atoms with van der Waals surface area (Å²) in [5.41, 5.74) is 0.599. The second kappa shape index (κ2) is 5.70. The van der Waals surface area contributed by atoms with Crippen LogP contribution in [0.3, 0.4) is 0 Å². The number of phenolic OH excluding ortho intramolecular Hbond substituents is 1. The molecule has 1 atom stereocenters. The third-order valence-corrected chi connectivity index (χ3v) is 2.95. The van der Waals surface area contributed by atoms with Crippen LogP contribution < -0.4 is 0 Å². The number of carbonyl (C=O) groups is 3. The summed E-state index contributed by atoms with van der Waals surface area (Å²) in [7, 11) is 0. The number of rotatable bonds is 4. The van der Waals surface area contributed by atoms with Crippen molar-refractivity contribution in [3.05, 3.63) is 29.8 Å². The predicted octanol–water partition coefficient (Wildman–Crippen LogP) is -0.227. The molecule has 1 unspecified atom stereocenters. The third kappa shape index (κ3) is 2.94. The average Bonchev–Trinajstić information content (AvgIpc) is 2.39. The summed E-state index contributed by atoms with van der Waals surface area (Å²) in [4.78, 5) is 35.4. The summed E-state index contributed by atoms with van der Waals surface area (Å²) in [6, 6.07) is 4.64. The number of aliphatic carboxylic acids is 1. The molecule has 0 saturated carbocycles. The number of aromatic hydroxyl groups is 1. The first kappa shape index (κ1) is 14.0. The van der Waals surface area contributed by atoms with E-state index < -0.39 is 23.8 Å². The molecule has 0 aliphatic carbocycles. The molecule has 0 spiro atoms. The zero-order valence-electron chi connectivity index (χ0n) is 10.5. The molecule has 2 N–H and O–H groups in total. The number of morpholine rings is 1. The van der Waals surface area contributed by atoms with Gasteiger partial charge in [0.05, 0.1) is 0 Å². The molecule has 0 bridgehead atoms. The van der Waals surface area contributed by atoms with Crippen molar-refractivity contribution >= 4 is 17.8 Å². The molecule has 7 nitrogen and oxygen atoms in total. The van der Waals surface area contributed by atoms with E-state index in [9.17, 15) is 24.6 Å². The summed E-state index contributed by atoms with van der Waals surface area (Å²) < 4.78 is 4.75. The van der Waals surface area contributed by atoms with Gasteiger partial charge in [0.25, 0.3) is 11.8 Å². The van der Waals surface area contributed by atoms with E-state index in [1.807, 2.05) is 0 Å². The Balaban J connectivity index is 2.22. The summed E-state index contributed by atoms with van der Waals surface area (Å²) in [6.45, 7) is -0.601. The monoisotopic (exact) mass is 279 g/mol. The molecule has 106 valence electrons. The quantitative estimate of drug-likeness (QED) is 0.738. The predicted molar refractivity (Wildman–Crippen MR) is 65.9 cm³/mol. The molecular formula is C13H13NO6. The number of carboxylic acid groups (broad SMARTS) is 1. The van der Waals surface area contributed by atoms with Gasteiger partial charge in [-0.1, -0.05) is 12.1 Å². The third-order valence-electron chi connectivity index (χ3n) is 2.95. The van der Waals surface area contributed by atoms with Crippen LogP contribution in [0.4, 0.5) is 0 Å². The highest BCUT2D eigenvalue weighted by Gasteiger charge is 2.37. The van der Waals surface area contributed by atoms with Gasteiger partial charge in [0.1, 0.15) is 25.0 Å². The minimum absolute atomic E-state index is 0.0207. The van der Waals surface area contributed by atoms with Crippen LogP contribution in [-0.2, 0) is 25.5 Å². The molecule has 1 fully saturated rings. The van der Waals surface area contributed by atoms with Gasteiger partial charge in [-0.2, -0.15) is 0 Å². The first-order valence-electron chi connectivity index (χ1n) is 5.92. The van der Waals surface area contributed by atoms with Crippen molar-refractivity contribution in [1.29, 1.82) is 0 Å². The van der Waals surface area contributed by atoms with Gasteiger partial charge in [-0.25, -0.2) is 4.79 Å². The Morgan fingerprint density at radius 2 is 1.75 bits per heavy atom. The number of carbonyl (C=O) groups excluding carboxylic acids is 2. The average molecular weight is 279 g/mol. The number of hydrogen-bond donors (Lipinski definition) is 2. The van der Waals surface area contributed by atoms with Crippen LogP contribution in [0, 0.1) is 0 Å². The van der Waals surface area contributed by atoms with E-state index in [0.29, 0.717) is 5.56 Å². The SMILES string of the molecule is O=C(O)C(Cc1ccc(O)cc1)N1C(=O)COCC1=O. The Morgan fingerprint density at radius 1 is 1.20 bits per heavy atom. The van der Waals surface area contributed by atoms with Gasteiger partial charge in [0.2, 0.25) is 0 Å². The summed E-state index contributed by atoms with van der Waals surface area (Å²) in [6.07, 6.45) is -0.0207. The highest BCUT2D eigenvalue weighted by Crippen LogP contribution is 2.16. The van der Waals surface area contributed by atoms with E-state index in [-0.39, 0.29) is 25.4 Å². The Labute approximate surface area is 114 Å². The molecular weight excluding hydrogens is 266 g/mol. The van der Waals surface area contributed by atoms with Gasteiger partial charge in [-0.15, -0.1) is 0 Å².